The normalized spacial score (nSPS) is 12.5. The van der Waals surface area contributed by atoms with E-state index in [2.05, 4.69) is 41.3 Å². The number of urea groups is 1. The predicted octanol–water partition coefficient (Wildman–Crippen LogP) is 6.01. The Balaban J connectivity index is 0.000000180. The van der Waals surface area contributed by atoms with Crippen molar-refractivity contribution in [3.63, 3.8) is 0 Å². The van der Waals surface area contributed by atoms with Crippen LogP contribution in [0.5, 0.6) is 17.5 Å². The number of sulfonamides is 2. The van der Waals surface area contributed by atoms with Gasteiger partial charge in [0.2, 0.25) is 11.8 Å². The molecule has 0 aliphatic heterocycles. The van der Waals surface area contributed by atoms with E-state index in [1.807, 2.05) is 41.1 Å². The number of nitrogens with two attached hydrogens (primary N) is 1. The van der Waals surface area contributed by atoms with Gasteiger partial charge in [-0.1, -0.05) is 24.3 Å². The number of pyridine rings is 2. The van der Waals surface area contributed by atoms with Crippen molar-refractivity contribution < 1.29 is 35.8 Å². The molecular weight excluding hydrogens is 861 g/mol. The number of primary sulfonamides is 1. The van der Waals surface area contributed by atoms with Crippen LogP contribution in [-0.2, 0) is 45.7 Å². The summed E-state index contributed by atoms with van der Waals surface area (Å²) in [6.07, 6.45) is 10.9. The topological polar surface area (TPSA) is 264 Å². The fraction of sp³-hybridized carbons (Fsp3) is 0.273. The van der Waals surface area contributed by atoms with E-state index in [1.54, 1.807) is 71.7 Å². The zero-order valence-electron chi connectivity index (χ0n) is 36.0. The Kier molecular flexibility index (Phi) is 14.5. The summed E-state index contributed by atoms with van der Waals surface area (Å²) in [5, 5.41) is 15.7. The number of methoxy groups -OCH3 is 2. The summed E-state index contributed by atoms with van der Waals surface area (Å²) in [6.45, 7) is 6.69. The van der Waals surface area contributed by atoms with Gasteiger partial charge in [0.15, 0.2) is 5.75 Å². The molecule has 64 heavy (non-hydrogen) atoms. The molecule has 20 heteroatoms. The van der Waals surface area contributed by atoms with Gasteiger partial charge in [0.25, 0.3) is 26.6 Å². The molecule has 6 aromatic rings. The zero-order valence-corrected chi connectivity index (χ0v) is 37.6. The van der Waals surface area contributed by atoms with Crippen molar-refractivity contribution in [2.45, 2.75) is 76.5 Å². The Hall–Kier alpha value is -7.08. The number of benzene rings is 2. The summed E-state index contributed by atoms with van der Waals surface area (Å²) >= 11 is 0. The molecule has 8 rings (SSSR count). The van der Waals surface area contributed by atoms with Crippen molar-refractivity contribution in [2.24, 2.45) is 5.14 Å². The van der Waals surface area contributed by atoms with E-state index < -0.39 is 31.2 Å². The van der Waals surface area contributed by atoms with E-state index in [-0.39, 0.29) is 5.16 Å². The number of nitrogens with zero attached hydrogens (tertiary/aromatic N) is 7. The maximum absolute atomic E-state index is 12.8. The summed E-state index contributed by atoms with van der Waals surface area (Å²) in [4.78, 5) is 36.3. The van der Waals surface area contributed by atoms with Crippen LogP contribution in [0, 0.1) is 39.2 Å². The number of fused-ring (bicyclic) bond motifs is 2. The van der Waals surface area contributed by atoms with Gasteiger partial charge in [0.1, 0.15) is 0 Å². The molecule has 4 aromatic heterocycles. The van der Waals surface area contributed by atoms with Crippen LogP contribution in [0.4, 0.5) is 10.5 Å². The van der Waals surface area contributed by atoms with Gasteiger partial charge < -0.3 is 19.5 Å². The highest BCUT2D eigenvalue weighted by molar-refractivity contribution is 7.90. The van der Waals surface area contributed by atoms with Crippen molar-refractivity contribution in [1.82, 2.24) is 34.6 Å². The Morgan fingerprint density at radius 3 is 1.67 bits per heavy atom. The molecular formula is C44H46N10O8S2. The maximum Gasteiger partial charge on any atom is 0.333 e. The molecule has 332 valence electrons. The first-order valence-corrected chi connectivity index (χ1v) is 22.9. The lowest BCUT2D eigenvalue weighted by Crippen LogP contribution is -2.36. The van der Waals surface area contributed by atoms with E-state index in [1.165, 1.54) is 12.7 Å². The van der Waals surface area contributed by atoms with E-state index in [9.17, 15) is 21.6 Å². The van der Waals surface area contributed by atoms with Gasteiger partial charge in [-0.25, -0.2) is 53.0 Å². The number of carbonyl (C=O) groups is 1. The lowest BCUT2D eigenvalue weighted by Gasteiger charge is -2.17. The van der Waals surface area contributed by atoms with Crippen molar-refractivity contribution in [2.75, 3.05) is 19.5 Å². The minimum absolute atomic E-state index is 0.319. The third-order valence-electron chi connectivity index (χ3n) is 10.1. The number of nitrogens with one attached hydrogen (secondary N) is 2. The second kappa shape index (κ2) is 20.0. The molecule has 0 fully saturated rings. The van der Waals surface area contributed by atoms with Crippen LogP contribution < -0.4 is 29.4 Å². The molecule has 2 amide bonds. The number of amides is 2. The molecule has 0 atom stereocenters. The van der Waals surface area contributed by atoms with Gasteiger partial charge in [0, 0.05) is 58.4 Å². The smallest absolute Gasteiger partial charge is 0.333 e. The fourth-order valence-electron chi connectivity index (χ4n) is 7.39. The highest BCUT2D eigenvalue weighted by Gasteiger charge is 2.26. The number of rotatable bonds is 9. The number of hydrogen-bond acceptors (Lipinski definition) is 15. The monoisotopic (exact) mass is 906 g/mol. The van der Waals surface area contributed by atoms with Crippen molar-refractivity contribution in [1.29, 1.82) is 5.26 Å². The van der Waals surface area contributed by atoms with Crippen molar-refractivity contribution >= 4 is 31.8 Å². The first-order valence-electron chi connectivity index (χ1n) is 19.9. The van der Waals surface area contributed by atoms with Gasteiger partial charge in [0.05, 0.1) is 19.9 Å². The Morgan fingerprint density at radius 2 is 1.16 bits per heavy atom. The Morgan fingerprint density at radius 1 is 0.672 bits per heavy atom. The minimum Gasteiger partial charge on any atom is -0.481 e. The molecule has 18 nitrogen and oxygen atoms in total. The van der Waals surface area contributed by atoms with E-state index in [4.69, 9.17) is 24.6 Å². The number of anilines is 1. The first kappa shape index (κ1) is 46.4. The Labute approximate surface area is 371 Å². The second-order valence-electron chi connectivity index (χ2n) is 14.8. The molecule has 2 aliphatic carbocycles. The first-order chi connectivity index (χ1) is 30.5. The molecule has 2 aromatic carbocycles. The average Bonchev–Trinajstić information content (AvgIpc) is 3.94. The van der Waals surface area contributed by atoms with Crippen LogP contribution in [0.1, 0.15) is 57.9 Å². The lowest BCUT2D eigenvalue weighted by molar-refractivity contribution is 0.256. The maximum atomic E-state index is 12.8. The molecule has 0 unspecified atom stereocenters. The lowest BCUT2D eigenvalue weighted by atomic mass is 9.98. The molecule has 4 heterocycles. The summed E-state index contributed by atoms with van der Waals surface area (Å²) in [7, 11) is -4.90. The number of aryl methyl sites for hydroxylation is 6. The molecule has 0 saturated heterocycles. The molecule has 4 N–H and O–H groups in total. The minimum atomic E-state index is -4.24. The molecule has 0 radical (unpaired) electrons. The predicted molar refractivity (Wildman–Crippen MR) is 236 cm³/mol. The average molecular weight is 907 g/mol. The third kappa shape index (κ3) is 11.3. The summed E-state index contributed by atoms with van der Waals surface area (Å²) in [5.41, 5.74) is 10.7. The largest absolute Gasteiger partial charge is 0.481 e. The second-order valence-corrected chi connectivity index (χ2v) is 17.8. The molecule has 0 spiro atoms. The van der Waals surface area contributed by atoms with Gasteiger partial charge >= 0.3 is 16.1 Å². The summed E-state index contributed by atoms with van der Waals surface area (Å²) in [5.74, 6) is 1.66. The highest BCUT2D eigenvalue weighted by Crippen LogP contribution is 2.40. The highest BCUT2D eigenvalue weighted by atomic mass is 32.2. The standard InChI is InChI=1S/C22H23N5O4S.C16H14N2O2.C6H9N3O2S/c1-13-11-14(2)25-22(24-13)32(29,30)27-21(28)26-20-17-6-4-5-15(17)7-8-18(20)16-9-10-23-19(12-16)31-3;1-19-15-9-12(7-8-18-15)14-6-5-11-3-2-4-13(11)16(14)20-10-17;1-4-3-5(2)9-6(8-4)12(7,10)11/h7-12H,4-6H2,1-3H3,(H2,26,27,28);5-9H,2-4H2,1H3;3H,1-2H3,(H2,7,10,11). The summed E-state index contributed by atoms with van der Waals surface area (Å²) < 4.78 is 64.6. The van der Waals surface area contributed by atoms with Crippen LogP contribution in [0.15, 0.2) is 83.4 Å². The van der Waals surface area contributed by atoms with Gasteiger partial charge in [-0.05, 0) is 124 Å². The van der Waals surface area contributed by atoms with Gasteiger partial charge in [-0.2, -0.15) is 8.42 Å². The molecule has 0 bridgehead atoms. The van der Waals surface area contributed by atoms with Crippen LogP contribution in [0.2, 0.25) is 0 Å². The number of carbonyl (C=O) groups excluding carboxylic acids is 1. The number of ether oxygens (including phenoxy) is 3. The van der Waals surface area contributed by atoms with Crippen LogP contribution in [0.25, 0.3) is 22.3 Å². The number of nitriles is 1. The van der Waals surface area contributed by atoms with E-state index in [0.717, 1.165) is 77.5 Å². The fourth-order valence-corrected chi connectivity index (χ4v) is 8.85. The van der Waals surface area contributed by atoms with Crippen molar-refractivity contribution in [3.8, 4) is 46.0 Å². The van der Waals surface area contributed by atoms with Gasteiger partial charge in [-0.3, -0.25) is 0 Å². The molecule has 0 saturated carbocycles. The third-order valence-corrected chi connectivity index (χ3v) is 11.9. The quantitative estimate of drug-likeness (QED) is 0.111. The molecule has 2 aliphatic rings. The Bertz CT molecular complexity index is 2960. The van der Waals surface area contributed by atoms with Crippen LogP contribution >= 0.6 is 0 Å². The number of aromatic nitrogens is 6. The summed E-state index contributed by atoms with van der Waals surface area (Å²) in [6, 6.07) is 17.8. The SMILES string of the molecule is COc1cc(-c2ccc3c(c2NC(=O)NS(=O)(=O)c2nc(C)cc(C)n2)CCC3)ccn1.COc1cc(-c2ccc3c(c2OC#N)CCC3)ccn1.Cc1cc(C)nc(S(N)(=O)=O)n1. The van der Waals surface area contributed by atoms with Crippen LogP contribution in [0.3, 0.4) is 0 Å². The zero-order chi connectivity index (χ0) is 46.2. The van der Waals surface area contributed by atoms with E-state index >= 15 is 0 Å². The number of hydrogen-bond donors (Lipinski definition) is 3. The van der Waals surface area contributed by atoms with Gasteiger partial charge in [-0.15, -0.1) is 5.26 Å². The van der Waals surface area contributed by atoms with E-state index in [0.29, 0.717) is 46.0 Å². The van der Waals surface area contributed by atoms with Crippen molar-refractivity contribution in [3.05, 3.63) is 118 Å². The van der Waals surface area contributed by atoms with Crippen LogP contribution in [-0.4, -0.2) is 67.0 Å².